The Kier molecular flexibility index (Phi) is 4.54. The number of nitrogens with one attached hydrogen (secondary N) is 1. The summed E-state index contributed by atoms with van der Waals surface area (Å²) in [5, 5.41) is 2.96. The van der Waals surface area contributed by atoms with Gasteiger partial charge in [-0.15, -0.1) is 0 Å². The molecule has 3 heterocycles. The highest BCUT2D eigenvalue weighted by atomic mass is 127. The lowest BCUT2D eigenvalue weighted by Gasteiger charge is -2.35. The Labute approximate surface area is 198 Å². The monoisotopic (exact) mass is 548 g/mol. The van der Waals surface area contributed by atoms with Gasteiger partial charge < -0.3 is 14.8 Å². The molecule has 3 aliphatic rings. The van der Waals surface area contributed by atoms with E-state index in [1.54, 1.807) is 22.8 Å². The Morgan fingerprint density at radius 1 is 1.03 bits per heavy atom. The van der Waals surface area contributed by atoms with E-state index >= 15 is 0 Å². The highest BCUT2D eigenvalue weighted by molar-refractivity contribution is 14.1. The van der Waals surface area contributed by atoms with Crippen molar-refractivity contribution in [1.82, 2.24) is 9.55 Å². The van der Waals surface area contributed by atoms with Gasteiger partial charge in [-0.25, -0.2) is 4.98 Å². The van der Waals surface area contributed by atoms with Gasteiger partial charge in [0.2, 0.25) is 0 Å². The molecule has 0 unspecified atom stereocenters. The number of rotatable bonds is 3. The van der Waals surface area contributed by atoms with Gasteiger partial charge >= 0.3 is 5.92 Å². The first kappa shape index (κ1) is 20.4. The molecule has 6 rings (SSSR count). The Morgan fingerprint density at radius 2 is 1.81 bits per heavy atom. The van der Waals surface area contributed by atoms with Crippen molar-refractivity contribution in [2.45, 2.75) is 44.6 Å². The molecular weight excluding hydrogens is 525 g/mol. The van der Waals surface area contributed by atoms with Gasteiger partial charge in [-0.05, 0) is 84.0 Å². The maximum Gasteiger partial charge on any atom is 0.306 e. The molecule has 2 fully saturated rings. The minimum atomic E-state index is -2.93. The molecule has 1 saturated heterocycles. The fourth-order valence-electron chi connectivity index (χ4n) is 5.16. The summed E-state index contributed by atoms with van der Waals surface area (Å²) in [5.74, 6) is -3.39. The number of anilines is 2. The van der Waals surface area contributed by atoms with Gasteiger partial charge in [0.25, 0.3) is 5.91 Å². The van der Waals surface area contributed by atoms with Crippen molar-refractivity contribution >= 4 is 50.9 Å². The third-order valence-electron chi connectivity index (χ3n) is 7.33. The Hall–Kier alpha value is -2.23. The van der Waals surface area contributed by atoms with Crippen LogP contribution in [-0.2, 0) is 12.5 Å². The summed E-state index contributed by atoms with van der Waals surface area (Å²) in [5.41, 5.74) is 3.60. The first-order valence-electron chi connectivity index (χ1n) is 11.1. The first-order chi connectivity index (χ1) is 15.4. The molecule has 8 heteroatoms. The van der Waals surface area contributed by atoms with Gasteiger partial charge in [0.1, 0.15) is 5.52 Å². The van der Waals surface area contributed by atoms with Crippen molar-refractivity contribution in [3.05, 3.63) is 51.4 Å². The molecule has 1 spiro atoms. The number of piperidine rings is 1. The zero-order valence-electron chi connectivity index (χ0n) is 17.5. The van der Waals surface area contributed by atoms with Crippen LogP contribution in [0.1, 0.15) is 48.3 Å². The van der Waals surface area contributed by atoms with Gasteiger partial charge in [-0.3, -0.25) is 4.79 Å². The summed E-state index contributed by atoms with van der Waals surface area (Å²) < 4.78 is 31.1. The summed E-state index contributed by atoms with van der Waals surface area (Å²) in [6.45, 7) is 2.14. The number of carbonyl (C=O) groups is 1. The number of carbonyl (C=O) groups excluding carboxylic acids is 1. The van der Waals surface area contributed by atoms with E-state index in [-0.39, 0.29) is 24.7 Å². The summed E-state index contributed by atoms with van der Waals surface area (Å²) in [6.07, 6.45) is 4.78. The van der Waals surface area contributed by atoms with Crippen molar-refractivity contribution in [1.29, 1.82) is 0 Å². The molecule has 1 aliphatic carbocycles. The minimum absolute atomic E-state index is 0.216. The molecule has 166 valence electrons. The van der Waals surface area contributed by atoms with E-state index < -0.39 is 5.92 Å². The predicted molar refractivity (Wildman–Crippen MR) is 128 cm³/mol. The van der Waals surface area contributed by atoms with Gasteiger partial charge in [0.05, 0.1) is 22.5 Å². The molecule has 1 N–H and O–H groups in total. The van der Waals surface area contributed by atoms with E-state index in [0.717, 1.165) is 22.3 Å². The number of halogens is 3. The van der Waals surface area contributed by atoms with E-state index in [4.69, 9.17) is 0 Å². The zero-order chi connectivity index (χ0) is 22.1. The van der Waals surface area contributed by atoms with E-state index in [9.17, 15) is 13.6 Å². The number of aryl methyl sites for hydroxylation is 1. The fraction of sp³-hybridized carbons (Fsp3) is 0.417. The number of hydrogen-bond acceptors (Lipinski definition) is 3. The Bertz CT molecular complexity index is 1240. The van der Waals surface area contributed by atoms with Gasteiger partial charge in [0.15, 0.2) is 5.82 Å². The maximum atomic E-state index is 14.2. The minimum Gasteiger partial charge on any atom is -0.371 e. The van der Waals surface area contributed by atoms with Crippen LogP contribution in [0.25, 0.3) is 11.0 Å². The number of amides is 1. The zero-order valence-corrected chi connectivity index (χ0v) is 19.7. The summed E-state index contributed by atoms with van der Waals surface area (Å²) in [6, 6.07) is 11.1. The molecule has 32 heavy (non-hydrogen) atoms. The standard InChI is InChI=1S/C24H23F2IN4O/c25-24(26)10-13-31-18-3-1-2-17(20(18)29-22(24)31)28-21(32)16-5-4-15(27)14-19(16)30-11-8-23(6-7-23)9-12-30/h1-5,14H,6-13H2,(H,28,32). The van der Waals surface area contributed by atoms with E-state index in [2.05, 4.69) is 43.9 Å². The van der Waals surface area contributed by atoms with Crippen LogP contribution in [0.2, 0.25) is 0 Å². The SMILES string of the molecule is O=C(Nc1cccc2c1nc1n2CCC1(F)F)c1ccc(I)cc1N1CCC2(CC1)CC2. The topological polar surface area (TPSA) is 50.2 Å². The van der Waals surface area contributed by atoms with E-state index in [1.807, 2.05) is 12.1 Å². The molecule has 1 saturated carbocycles. The van der Waals surface area contributed by atoms with E-state index in [0.29, 0.717) is 27.7 Å². The number of alkyl halides is 2. The molecule has 0 bridgehead atoms. The van der Waals surface area contributed by atoms with Crippen LogP contribution in [0.15, 0.2) is 36.4 Å². The summed E-state index contributed by atoms with van der Waals surface area (Å²) >= 11 is 2.27. The second-order valence-electron chi connectivity index (χ2n) is 9.32. The van der Waals surface area contributed by atoms with Crippen LogP contribution >= 0.6 is 22.6 Å². The highest BCUT2D eigenvalue weighted by Crippen LogP contribution is 2.54. The van der Waals surface area contributed by atoms with Crippen LogP contribution in [0.5, 0.6) is 0 Å². The third-order valence-corrected chi connectivity index (χ3v) is 8.00. The quantitative estimate of drug-likeness (QED) is 0.423. The normalized spacial score (nSPS) is 20.5. The molecule has 1 amide bonds. The molecule has 0 atom stereocenters. The van der Waals surface area contributed by atoms with Crippen LogP contribution in [0.4, 0.5) is 20.2 Å². The Morgan fingerprint density at radius 3 is 2.56 bits per heavy atom. The third kappa shape index (κ3) is 3.29. The Balaban J connectivity index is 1.32. The average molecular weight is 548 g/mol. The van der Waals surface area contributed by atoms with Crippen molar-refractivity contribution < 1.29 is 13.6 Å². The van der Waals surface area contributed by atoms with Crippen LogP contribution in [0.3, 0.4) is 0 Å². The summed E-state index contributed by atoms with van der Waals surface area (Å²) in [4.78, 5) is 19.9. The van der Waals surface area contributed by atoms with Crippen molar-refractivity contribution in [3.8, 4) is 0 Å². The number of nitrogens with zero attached hydrogens (tertiary/aromatic N) is 3. The molecule has 2 aliphatic heterocycles. The van der Waals surface area contributed by atoms with E-state index in [1.165, 1.54) is 25.7 Å². The second kappa shape index (κ2) is 7.13. The number of aromatic nitrogens is 2. The van der Waals surface area contributed by atoms with Crippen LogP contribution in [-0.4, -0.2) is 28.5 Å². The van der Waals surface area contributed by atoms with Gasteiger partial charge in [0, 0.05) is 29.6 Å². The lowest BCUT2D eigenvalue weighted by atomic mass is 9.93. The van der Waals surface area contributed by atoms with Gasteiger partial charge in [-0.2, -0.15) is 8.78 Å². The molecular formula is C24H23F2IN4O. The smallest absolute Gasteiger partial charge is 0.306 e. The predicted octanol–water partition coefficient (Wildman–Crippen LogP) is 5.77. The maximum absolute atomic E-state index is 14.2. The molecule has 1 aromatic heterocycles. The number of para-hydroxylation sites is 1. The first-order valence-corrected chi connectivity index (χ1v) is 12.2. The second-order valence-corrected chi connectivity index (χ2v) is 10.6. The van der Waals surface area contributed by atoms with Crippen LogP contribution < -0.4 is 10.2 Å². The average Bonchev–Trinajstić information content (AvgIpc) is 3.29. The number of benzene rings is 2. The highest BCUT2D eigenvalue weighted by Gasteiger charge is 2.45. The number of imidazole rings is 1. The lowest BCUT2D eigenvalue weighted by Crippen LogP contribution is -2.35. The van der Waals surface area contributed by atoms with Crippen molar-refractivity contribution in [3.63, 3.8) is 0 Å². The fourth-order valence-corrected chi connectivity index (χ4v) is 5.64. The molecule has 0 radical (unpaired) electrons. The largest absolute Gasteiger partial charge is 0.371 e. The number of fused-ring (bicyclic) bond motifs is 3. The summed E-state index contributed by atoms with van der Waals surface area (Å²) in [7, 11) is 0. The molecule has 2 aromatic carbocycles. The molecule has 5 nitrogen and oxygen atoms in total. The molecule has 3 aromatic rings. The van der Waals surface area contributed by atoms with Crippen molar-refractivity contribution in [2.75, 3.05) is 23.3 Å². The van der Waals surface area contributed by atoms with Gasteiger partial charge in [-0.1, -0.05) is 6.07 Å². The van der Waals surface area contributed by atoms with Crippen LogP contribution in [0, 0.1) is 8.99 Å². The van der Waals surface area contributed by atoms with Crippen molar-refractivity contribution in [2.24, 2.45) is 5.41 Å². The number of hydrogen-bond donors (Lipinski definition) is 1. The lowest BCUT2D eigenvalue weighted by molar-refractivity contribution is -0.00604.